The van der Waals surface area contributed by atoms with Crippen LogP contribution in [0, 0.1) is 0 Å². The van der Waals surface area contributed by atoms with Gasteiger partial charge in [-0.15, -0.1) is 0 Å². The van der Waals surface area contributed by atoms with Gasteiger partial charge >= 0.3 is 0 Å². The first-order chi connectivity index (χ1) is 10.3. The third-order valence-electron chi connectivity index (χ3n) is 5.05. The minimum absolute atomic E-state index is 1.13. The first kappa shape index (κ1) is 14.9. The number of rotatable bonds is 5. The summed E-state index contributed by atoms with van der Waals surface area (Å²) in [5.74, 6) is 0. The van der Waals surface area contributed by atoms with Crippen molar-refractivity contribution in [2.75, 3.05) is 57.8 Å². The van der Waals surface area contributed by atoms with Gasteiger partial charge in [0.05, 0.1) is 0 Å². The topological polar surface area (TPSA) is 9.72 Å². The van der Waals surface area contributed by atoms with Crippen molar-refractivity contribution in [3.05, 3.63) is 29.3 Å². The first-order valence-electron chi connectivity index (χ1n) is 8.54. The summed E-state index contributed by atoms with van der Waals surface area (Å²) in [5.41, 5.74) is 4.56. The molecule has 1 fully saturated rings. The van der Waals surface area contributed by atoms with E-state index in [2.05, 4.69) is 46.9 Å². The van der Waals surface area contributed by atoms with Crippen LogP contribution in [-0.2, 0) is 12.8 Å². The lowest BCUT2D eigenvalue weighted by molar-refractivity contribution is 0.153. The summed E-state index contributed by atoms with van der Waals surface area (Å²) in [6.07, 6.45) is 3.75. The molecule has 1 saturated heterocycles. The van der Waals surface area contributed by atoms with E-state index in [0.717, 1.165) is 6.54 Å². The molecule has 3 rings (SSSR count). The van der Waals surface area contributed by atoms with E-state index in [9.17, 15) is 0 Å². The van der Waals surface area contributed by atoms with Crippen LogP contribution >= 0.6 is 0 Å². The van der Waals surface area contributed by atoms with Crippen LogP contribution in [0.3, 0.4) is 0 Å². The van der Waals surface area contributed by atoms with Gasteiger partial charge in [0.25, 0.3) is 0 Å². The zero-order valence-electron chi connectivity index (χ0n) is 13.6. The Kier molecular flexibility index (Phi) is 4.81. The van der Waals surface area contributed by atoms with Gasteiger partial charge in [0.2, 0.25) is 0 Å². The zero-order chi connectivity index (χ0) is 14.7. The van der Waals surface area contributed by atoms with E-state index in [1.807, 2.05) is 0 Å². The molecule has 0 atom stereocenters. The first-order valence-corrected chi connectivity index (χ1v) is 8.54. The van der Waals surface area contributed by atoms with Gasteiger partial charge in [0.1, 0.15) is 0 Å². The van der Waals surface area contributed by atoms with Gasteiger partial charge in [0.15, 0.2) is 0 Å². The molecule has 3 heteroatoms. The molecule has 0 bridgehead atoms. The second-order valence-corrected chi connectivity index (χ2v) is 6.54. The molecule has 0 aromatic heterocycles. The van der Waals surface area contributed by atoms with E-state index >= 15 is 0 Å². The Balaban J connectivity index is 1.48. The Morgan fingerprint density at radius 1 is 1.05 bits per heavy atom. The second-order valence-electron chi connectivity index (χ2n) is 6.54. The van der Waals surface area contributed by atoms with E-state index < -0.39 is 0 Å². The van der Waals surface area contributed by atoms with E-state index in [-0.39, 0.29) is 0 Å². The maximum Gasteiger partial charge on any atom is 0.0399 e. The summed E-state index contributed by atoms with van der Waals surface area (Å²) < 4.78 is 0. The Hall–Kier alpha value is -1.06. The second kappa shape index (κ2) is 6.80. The molecule has 2 aliphatic heterocycles. The van der Waals surface area contributed by atoms with E-state index in [1.165, 1.54) is 69.8 Å². The molecule has 0 amide bonds. The van der Waals surface area contributed by atoms with Crippen molar-refractivity contribution in [3.63, 3.8) is 0 Å². The minimum atomic E-state index is 1.13. The quantitative estimate of drug-likeness (QED) is 0.822. The number of nitrogens with zero attached hydrogens (tertiary/aromatic N) is 3. The summed E-state index contributed by atoms with van der Waals surface area (Å²) >= 11 is 0. The van der Waals surface area contributed by atoms with E-state index in [1.54, 1.807) is 5.56 Å². The predicted molar refractivity (Wildman–Crippen MR) is 90.3 cm³/mol. The van der Waals surface area contributed by atoms with Gasteiger partial charge < -0.3 is 14.7 Å². The summed E-state index contributed by atoms with van der Waals surface area (Å²) in [5, 5.41) is 0. The third kappa shape index (κ3) is 3.58. The van der Waals surface area contributed by atoms with Crippen LogP contribution in [-0.4, -0.2) is 62.7 Å². The number of piperazine rings is 1. The molecule has 2 heterocycles. The summed E-state index contributed by atoms with van der Waals surface area (Å²) in [6, 6.07) is 7.14. The van der Waals surface area contributed by atoms with Crippen LogP contribution in [0.1, 0.15) is 24.5 Å². The average molecular weight is 287 g/mol. The van der Waals surface area contributed by atoms with Crippen molar-refractivity contribution in [3.8, 4) is 0 Å². The molecule has 0 saturated carbocycles. The van der Waals surface area contributed by atoms with Crippen LogP contribution in [0.4, 0.5) is 5.69 Å². The molecule has 0 radical (unpaired) electrons. The van der Waals surface area contributed by atoms with E-state index in [4.69, 9.17) is 0 Å². The van der Waals surface area contributed by atoms with Gasteiger partial charge in [0, 0.05) is 45.0 Å². The van der Waals surface area contributed by atoms with Crippen molar-refractivity contribution in [1.29, 1.82) is 0 Å². The summed E-state index contributed by atoms with van der Waals surface area (Å²) in [4.78, 5) is 7.53. The summed E-state index contributed by atoms with van der Waals surface area (Å²) in [6.45, 7) is 10.8. The monoisotopic (exact) mass is 287 g/mol. The number of fused-ring (bicyclic) bond motifs is 1. The van der Waals surface area contributed by atoms with Crippen LogP contribution in [0.25, 0.3) is 0 Å². The van der Waals surface area contributed by atoms with Crippen LogP contribution < -0.4 is 4.90 Å². The van der Waals surface area contributed by atoms with Gasteiger partial charge in [-0.3, -0.25) is 0 Å². The van der Waals surface area contributed by atoms with Crippen LogP contribution in [0.15, 0.2) is 18.2 Å². The number of hydrogen-bond acceptors (Lipinski definition) is 3. The summed E-state index contributed by atoms with van der Waals surface area (Å²) in [7, 11) is 2.22. The van der Waals surface area contributed by atoms with Crippen molar-refractivity contribution in [2.45, 2.75) is 26.2 Å². The van der Waals surface area contributed by atoms with Crippen LogP contribution in [0.2, 0.25) is 0 Å². The van der Waals surface area contributed by atoms with Crippen molar-refractivity contribution >= 4 is 5.69 Å². The highest BCUT2D eigenvalue weighted by Crippen LogP contribution is 2.28. The molecule has 0 spiro atoms. The highest BCUT2D eigenvalue weighted by atomic mass is 15.2. The fourth-order valence-electron chi connectivity index (χ4n) is 3.59. The fraction of sp³-hybridized carbons (Fsp3) is 0.667. The van der Waals surface area contributed by atoms with Gasteiger partial charge in [-0.25, -0.2) is 0 Å². The molecule has 1 aromatic rings. The Labute approximate surface area is 129 Å². The lowest BCUT2D eigenvalue weighted by Gasteiger charge is -2.32. The molecule has 0 N–H and O–H groups in total. The molecule has 1 aromatic carbocycles. The van der Waals surface area contributed by atoms with Crippen molar-refractivity contribution < 1.29 is 0 Å². The standard InChI is InChI=1S/C18H29N3/c1-3-21-10-8-17-15-16(6-7-18(17)21)5-4-9-20-13-11-19(2)12-14-20/h6-7,15H,3-5,8-14H2,1-2H3. The number of hydrogen-bond donors (Lipinski definition) is 0. The lowest BCUT2D eigenvalue weighted by atomic mass is 10.0. The molecular weight excluding hydrogens is 258 g/mol. The molecule has 2 aliphatic rings. The Morgan fingerprint density at radius 2 is 1.86 bits per heavy atom. The number of benzene rings is 1. The number of aryl methyl sites for hydroxylation is 1. The fourth-order valence-corrected chi connectivity index (χ4v) is 3.59. The van der Waals surface area contributed by atoms with Gasteiger partial charge in [-0.1, -0.05) is 12.1 Å². The molecule has 116 valence electrons. The maximum absolute atomic E-state index is 2.62. The van der Waals surface area contributed by atoms with Crippen LogP contribution in [0.5, 0.6) is 0 Å². The van der Waals surface area contributed by atoms with Crippen molar-refractivity contribution in [2.24, 2.45) is 0 Å². The minimum Gasteiger partial charge on any atom is -0.371 e. The largest absolute Gasteiger partial charge is 0.371 e. The molecule has 0 aliphatic carbocycles. The average Bonchev–Trinajstić information content (AvgIpc) is 2.91. The Morgan fingerprint density at radius 3 is 2.62 bits per heavy atom. The lowest BCUT2D eigenvalue weighted by Crippen LogP contribution is -2.44. The van der Waals surface area contributed by atoms with Crippen molar-refractivity contribution in [1.82, 2.24) is 9.80 Å². The highest BCUT2D eigenvalue weighted by molar-refractivity contribution is 5.59. The maximum atomic E-state index is 2.62. The zero-order valence-corrected chi connectivity index (χ0v) is 13.6. The smallest absolute Gasteiger partial charge is 0.0399 e. The normalized spacial score (nSPS) is 20.0. The third-order valence-corrected chi connectivity index (χ3v) is 5.05. The molecular formula is C18H29N3. The van der Waals surface area contributed by atoms with Gasteiger partial charge in [-0.2, -0.15) is 0 Å². The highest BCUT2D eigenvalue weighted by Gasteiger charge is 2.17. The molecule has 21 heavy (non-hydrogen) atoms. The van der Waals surface area contributed by atoms with E-state index in [0.29, 0.717) is 0 Å². The van der Waals surface area contributed by atoms with Gasteiger partial charge in [-0.05, 0) is 57.0 Å². The number of likely N-dealkylation sites (N-methyl/N-ethyl adjacent to an activating group) is 2. The predicted octanol–water partition coefficient (Wildman–Crippen LogP) is 2.25. The molecule has 3 nitrogen and oxygen atoms in total. The number of anilines is 1. The SMILES string of the molecule is CCN1CCc2cc(CCCN3CCN(C)CC3)ccc21. The Bertz CT molecular complexity index is 464. The molecule has 0 unspecified atom stereocenters.